The van der Waals surface area contributed by atoms with E-state index in [-0.39, 0.29) is 29.7 Å². The summed E-state index contributed by atoms with van der Waals surface area (Å²) in [5.74, 6) is 0.836. The quantitative estimate of drug-likeness (QED) is 0.620. The zero-order valence-corrected chi connectivity index (χ0v) is 17.8. The lowest BCUT2D eigenvalue weighted by Gasteiger charge is -2.33. The van der Waals surface area contributed by atoms with Crippen molar-refractivity contribution in [2.45, 2.75) is 37.8 Å². The normalized spacial score (nSPS) is 20.3. The molecule has 0 spiro atoms. The molecule has 0 radical (unpaired) electrons. The number of halogens is 3. The van der Waals surface area contributed by atoms with Crippen LogP contribution in [0.3, 0.4) is 0 Å². The average Bonchev–Trinajstić information content (AvgIpc) is 3.34. The Labute approximate surface area is 186 Å². The number of nitrogens with one attached hydrogen (secondary N) is 2. The predicted molar refractivity (Wildman–Crippen MR) is 115 cm³/mol. The van der Waals surface area contributed by atoms with Crippen LogP contribution in [0.25, 0.3) is 22.4 Å². The molecule has 0 saturated carbocycles. The number of hydrogen-bond donors (Lipinski definition) is 2. The average molecular weight is 461 g/mol. The van der Waals surface area contributed by atoms with Gasteiger partial charge in [-0.05, 0) is 37.1 Å². The molecular weight excluding hydrogens is 439 g/mol. The molecular formula is C21H22F3N7O2. The molecule has 0 aliphatic carbocycles. The van der Waals surface area contributed by atoms with Gasteiger partial charge in [-0.1, -0.05) is 0 Å². The number of morpholine rings is 1. The van der Waals surface area contributed by atoms with Crippen molar-refractivity contribution < 1.29 is 22.7 Å². The topological polar surface area (TPSA) is 97.2 Å². The molecule has 12 heteroatoms. The molecule has 2 aliphatic heterocycles. The van der Waals surface area contributed by atoms with Crippen molar-refractivity contribution in [1.29, 1.82) is 0 Å². The standard InChI is InChI=1S/C21H22F3N7O2/c1-25-20(32)27-13-4-2-12(3-5-13)17-28-18(30-9-14-6-7-15(10-30)33-14)16-8-26-31(19(16)29-17)11-21(22,23)24/h2-5,8,14-15H,6-7,9-11H2,1H3,(H2,25,27,32)/t14-,15+. The third-order valence-corrected chi connectivity index (χ3v) is 5.78. The van der Waals surface area contributed by atoms with Gasteiger partial charge in [0.05, 0.1) is 23.8 Å². The first kappa shape index (κ1) is 21.4. The number of carbonyl (C=O) groups is 1. The lowest BCUT2D eigenvalue weighted by molar-refractivity contribution is -0.141. The number of fused-ring (bicyclic) bond motifs is 3. The molecule has 2 bridgehead atoms. The van der Waals surface area contributed by atoms with E-state index < -0.39 is 12.7 Å². The summed E-state index contributed by atoms with van der Waals surface area (Å²) >= 11 is 0. The van der Waals surface area contributed by atoms with Gasteiger partial charge in [-0.3, -0.25) is 0 Å². The van der Waals surface area contributed by atoms with Crippen molar-refractivity contribution in [3.05, 3.63) is 30.5 Å². The maximum absolute atomic E-state index is 13.1. The summed E-state index contributed by atoms with van der Waals surface area (Å²) in [6, 6.07) is 6.42. The Hall–Kier alpha value is -3.41. The number of anilines is 2. The van der Waals surface area contributed by atoms with Crippen LogP contribution in [0.4, 0.5) is 29.5 Å². The number of hydrogen-bond acceptors (Lipinski definition) is 6. The number of aromatic nitrogens is 4. The SMILES string of the molecule is CNC(=O)Nc1ccc(-c2nc(N3C[C@H]4CC[C@@H](C3)O4)c3cnn(CC(F)(F)F)c3n2)cc1. The fraction of sp³-hybridized carbons (Fsp3) is 0.429. The van der Waals surface area contributed by atoms with Gasteiger partial charge >= 0.3 is 12.2 Å². The minimum atomic E-state index is -4.44. The molecule has 2 saturated heterocycles. The lowest BCUT2D eigenvalue weighted by Crippen LogP contribution is -2.43. The maximum atomic E-state index is 13.1. The van der Waals surface area contributed by atoms with Gasteiger partial charge in [0, 0.05) is 31.4 Å². The Morgan fingerprint density at radius 1 is 1.15 bits per heavy atom. The molecule has 9 nitrogen and oxygen atoms in total. The van der Waals surface area contributed by atoms with Gasteiger partial charge in [0.2, 0.25) is 0 Å². The van der Waals surface area contributed by atoms with E-state index in [1.807, 2.05) is 0 Å². The molecule has 3 aromatic rings. The highest BCUT2D eigenvalue weighted by atomic mass is 19.4. The third kappa shape index (κ3) is 4.42. The van der Waals surface area contributed by atoms with Crippen LogP contribution in [0.5, 0.6) is 0 Å². The number of benzene rings is 1. The van der Waals surface area contributed by atoms with Gasteiger partial charge in [0.25, 0.3) is 0 Å². The van der Waals surface area contributed by atoms with Crippen LogP contribution < -0.4 is 15.5 Å². The Balaban J connectivity index is 1.56. The second-order valence-electron chi connectivity index (χ2n) is 8.17. The molecule has 2 aromatic heterocycles. The van der Waals surface area contributed by atoms with Crippen LogP contribution >= 0.6 is 0 Å². The zero-order chi connectivity index (χ0) is 23.2. The summed E-state index contributed by atoms with van der Waals surface area (Å²) in [4.78, 5) is 22.7. The van der Waals surface area contributed by atoms with E-state index in [1.165, 1.54) is 13.2 Å². The van der Waals surface area contributed by atoms with E-state index in [4.69, 9.17) is 9.72 Å². The number of ether oxygens (including phenoxy) is 1. The summed E-state index contributed by atoms with van der Waals surface area (Å²) in [6.07, 6.45) is -0.969. The van der Waals surface area contributed by atoms with Crippen LogP contribution in [-0.4, -0.2) is 64.3 Å². The largest absolute Gasteiger partial charge is 0.408 e. The Bertz CT molecular complexity index is 1170. The van der Waals surface area contributed by atoms with Crippen molar-refractivity contribution in [2.24, 2.45) is 0 Å². The molecule has 2 N–H and O–H groups in total. The van der Waals surface area contributed by atoms with E-state index in [9.17, 15) is 18.0 Å². The van der Waals surface area contributed by atoms with Gasteiger partial charge in [-0.25, -0.2) is 19.4 Å². The van der Waals surface area contributed by atoms with Crippen LogP contribution in [-0.2, 0) is 11.3 Å². The van der Waals surface area contributed by atoms with Crippen LogP contribution in [0.15, 0.2) is 30.5 Å². The van der Waals surface area contributed by atoms with Crippen molar-refractivity contribution in [3.63, 3.8) is 0 Å². The zero-order valence-electron chi connectivity index (χ0n) is 17.8. The molecule has 2 amide bonds. The van der Waals surface area contributed by atoms with E-state index >= 15 is 0 Å². The predicted octanol–water partition coefficient (Wildman–Crippen LogP) is 3.17. The first-order valence-corrected chi connectivity index (χ1v) is 10.6. The van der Waals surface area contributed by atoms with Crippen molar-refractivity contribution >= 4 is 28.6 Å². The third-order valence-electron chi connectivity index (χ3n) is 5.78. The number of alkyl halides is 3. The smallest absolute Gasteiger partial charge is 0.371 e. The van der Waals surface area contributed by atoms with Gasteiger partial charge in [0.1, 0.15) is 12.4 Å². The fourth-order valence-electron chi connectivity index (χ4n) is 4.28. The Kier molecular flexibility index (Phi) is 5.31. The Morgan fingerprint density at radius 2 is 1.85 bits per heavy atom. The van der Waals surface area contributed by atoms with E-state index in [2.05, 4.69) is 25.6 Å². The van der Waals surface area contributed by atoms with E-state index in [1.54, 1.807) is 24.3 Å². The second-order valence-corrected chi connectivity index (χ2v) is 8.17. The number of nitrogens with zero attached hydrogens (tertiary/aromatic N) is 5. The van der Waals surface area contributed by atoms with Crippen molar-refractivity contribution in [3.8, 4) is 11.4 Å². The summed E-state index contributed by atoms with van der Waals surface area (Å²) in [5, 5.41) is 9.56. The molecule has 174 valence electrons. The van der Waals surface area contributed by atoms with Gasteiger partial charge in [0.15, 0.2) is 11.5 Å². The molecule has 2 aliphatic rings. The summed E-state index contributed by atoms with van der Waals surface area (Å²) in [7, 11) is 1.51. The number of urea groups is 1. The molecule has 2 atom stereocenters. The van der Waals surface area contributed by atoms with Crippen molar-refractivity contribution in [1.82, 2.24) is 25.1 Å². The first-order chi connectivity index (χ1) is 15.8. The second kappa shape index (κ2) is 8.18. The minimum Gasteiger partial charge on any atom is -0.371 e. The molecule has 4 heterocycles. The molecule has 2 fully saturated rings. The van der Waals surface area contributed by atoms with Crippen LogP contribution in [0, 0.1) is 0 Å². The van der Waals surface area contributed by atoms with Crippen molar-refractivity contribution in [2.75, 3.05) is 30.4 Å². The highest BCUT2D eigenvalue weighted by Gasteiger charge is 2.36. The number of carbonyl (C=O) groups excluding carboxylic acids is 1. The maximum Gasteiger partial charge on any atom is 0.408 e. The van der Waals surface area contributed by atoms with Crippen LogP contribution in [0.2, 0.25) is 0 Å². The highest BCUT2D eigenvalue weighted by Crippen LogP contribution is 2.34. The minimum absolute atomic E-state index is 0.0810. The van der Waals surface area contributed by atoms with Gasteiger partial charge in [-0.15, -0.1) is 0 Å². The Morgan fingerprint density at radius 3 is 2.48 bits per heavy atom. The molecule has 33 heavy (non-hydrogen) atoms. The van der Waals surface area contributed by atoms with Gasteiger partial charge in [-0.2, -0.15) is 18.3 Å². The van der Waals surface area contributed by atoms with E-state index in [0.717, 1.165) is 17.5 Å². The number of rotatable bonds is 4. The molecule has 5 rings (SSSR count). The first-order valence-electron chi connectivity index (χ1n) is 10.6. The van der Waals surface area contributed by atoms with Gasteiger partial charge < -0.3 is 20.3 Å². The van der Waals surface area contributed by atoms with E-state index in [0.29, 0.717) is 35.5 Å². The summed E-state index contributed by atoms with van der Waals surface area (Å²) in [6.45, 7) is -0.0152. The number of amides is 2. The monoisotopic (exact) mass is 461 g/mol. The van der Waals surface area contributed by atoms with Crippen LogP contribution in [0.1, 0.15) is 12.8 Å². The molecule has 1 aromatic carbocycles. The fourth-order valence-corrected chi connectivity index (χ4v) is 4.28. The molecule has 0 unspecified atom stereocenters. The highest BCUT2D eigenvalue weighted by molar-refractivity contribution is 5.90. The summed E-state index contributed by atoms with van der Waals surface area (Å²) < 4.78 is 46.2. The summed E-state index contributed by atoms with van der Waals surface area (Å²) in [5.41, 5.74) is 1.29. The lowest BCUT2D eigenvalue weighted by atomic mass is 10.2.